The number of hydrogen-bond donors (Lipinski definition) is 0. The SMILES string of the molecule is CC(Br)C(=O)c1scc(C(F)(F)F)c1Br. The summed E-state index contributed by atoms with van der Waals surface area (Å²) in [6, 6.07) is 0. The van der Waals surface area contributed by atoms with Gasteiger partial charge in [-0.05, 0) is 22.9 Å². The Kier molecular flexibility index (Phi) is 4.00. The molecule has 15 heavy (non-hydrogen) atoms. The number of carbonyl (C=O) groups excluding carboxylic acids is 1. The number of thiophene rings is 1. The molecule has 0 aliphatic heterocycles. The van der Waals surface area contributed by atoms with E-state index in [2.05, 4.69) is 31.9 Å². The van der Waals surface area contributed by atoms with Crippen molar-refractivity contribution in [2.45, 2.75) is 17.9 Å². The normalized spacial score (nSPS) is 14.0. The van der Waals surface area contributed by atoms with E-state index >= 15 is 0 Å². The van der Waals surface area contributed by atoms with Crippen LogP contribution in [0.15, 0.2) is 9.85 Å². The quantitative estimate of drug-likeness (QED) is 0.557. The lowest BCUT2D eigenvalue weighted by Gasteiger charge is -2.05. The second-order valence-corrected chi connectivity index (χ2v) is 5.82. The minimum atomic E-state index is -4.43. The van der Waals surface area contributed by atoms with Gasteiger partial charge >= 0.3 is 6.18 Å². The predicted octanol–water partition coefficient (Wildman–Crippen LogP) is 4.50. The molecule has 1 rings (SSSR count). The van der Waals surface area contributed by atoms with Crippen LogP contribution in [0.3, 0.4) is 0 Å². The molecule has 0 fully saturated rings. The average molecular weight is 366 g/mol. The molecule has 0 N–H and O–H groups in total. The van der Waals surface area contributed by atoms with Crippen LogP contribution in [-0.4, -0.2) is 10.6 Å². The molecule has 1 aromatic rings. The third kappa shape index (κ3) is 2.82. The molecule has 84 valence electrons. The van der Waals surface area contributed by atoms with Crippen molar-refractivity contribution >= 4 is 49.0 Å². The van der Waals surface area contributed by atoms with Crippen LogP contribution < -0.4 is 0 Å². The second kappa shape index (κ2) is 4.55. The Morgan fingerprint density at radius 1 is 1.53 bits per heavy atom. The van der Waals surface area contributed by atoms with Gasteiger partial charge in [0.25, 0.3) is 0 Å². The van der Waals surface area contributed by atoms with Crippen LogP contribution in [0.5, 0.6) is 0 Å². The molecule has 0 bridgehead atoms. The fraction of sp³-hybridized carbons (Fsp3) is 0.375. The smallest absolute Gasteiger partial charge is 0.292 e. The maximum Gasteiger partial charge on any atom is 0.418 e. The summed E-state index contributed by atoms with van der Waals surface area (Å²) in [7, 11) is 0. The van der Waals surface area contributed by atoms with E-state index in [1.807, 2.05) is 0 Å². The summed E-state index contributed by atoms with van der Waals surface area (Å²) >= 11 is 6.62. The highest BCUT2D eigenvalue weighted by molar-refractivity contribution is 9.10. The predicted molar refractivity (Wildman–Crippen MR) is 59.7 cm³/mol. The zero-order chi connectivity index (χ0) is 11.8. The van der Waals surface area contributed by atoms with Gasteiger partial charge in [-0.2, -0.15) is 13.2 Å². The number of ketones is 1. The van der Waals surface area contributed by atoms with Crippen molar-refractivity contribution < 1.29 is 18.0 Å². The molecular weight excluding hydrogens is 361 g/mol. The average Bonchev–Trinajstić information content (AvgIpc) is 2.44. The molecule has 1 unspecified atom stereocenters. The summed E-state index contributed by atoms with van der Waals surface area (Å²) in [6.45, 7) is 1.57. The number of alkyl halides is 4. The summed E-state index contributed by atoms with van der Waals surface area (Å²) in [6.07, 6.45) is -4.43. The Hall–Kier alpha value is 0.120. The van der Waals surface area contributed by atoms with Gasteiger partial charge in [0.15, 0.2) is 5.78 Å². The van der Waals surface area contributed by atoms with Crippen molar-refractivity contribution in [3.63, 3.8) is 0 Å². The fourth-order valence-corrected chi connectivity index (χ4v) is 3.22. The molecule has 1 atom stereocenters. The summed E-state index contributed by atoms with van der Waals surface area (Å²) in [5.41, 5.74) is -0.802. The van der Waals surface area contributed by atoms with Crippen LogP contribution >= 0.6 is 43.2 Å². The van der Waals surface area contributed by atoms with Crippen LogP contribution in [0, 0.1) is 0 Å². The second-order valence-electron chi connectivity index (χ2n) is 2.77. The molecule has 0 amide bonds. The Morgan fingerprint density at radius 3 is 2.40 bits per heavy atom. The van der Waals surface area contributed by atoms with Crippen molar-refractivity contribution in [3.8, 4) is 0 Å². The Labute approximate surface area is 105 Å². The van der Waals surface area contributed by atoms with E-state index in [0.29, 0.717) is 0 Å². The maximum atomic E-state index is 12.4. The van der Waals surface area contributed by atoms with E-state index in [4.69, 9.17) is 0 Å². The molecule has 0 aromatic carbocycles. The zero-order valence-corrected chi connectivity index (χ0v) is 11.3. The first-order valence-electron chi connectivity index (χ1n) is 3.77. The van der Waals surface area contributed by atoms with Gasteiger partial charge in [-0.25, -0.2) is 0 Å². The van der Waals surface area contributed by atoms with E-state index < -0.39 is 16.6 Å². The molecule has 0 saturated carbocycles. The lowest BCUT2D eigenvalue weighted by atomic mass is 10.2. The van der Waals surface area contributed by atoms with Crippen LogP contribution in [-0.2, 0) is 6.18 Å². The summed E-state index contributed by atoms with van der Waals surface area (Å²) in [5, 5.41) is 0.937. The van der Waals surface area contributed by atoms with Gasteiger partial charge < -0.3 is 0 Å². The van der Waals surface area contributed by atoms with Crippen molar-refractivity contribution in [1.82, 2.24) is 0 Å². The third-order valence-electron chi connectivity index (χ3n) is 1.62. The number of halogens is 5. The summed E-state index contributed by atoms with van der Waals surface area (Å²) in [4.78, 5) is 11.1. The van der Waals surface area contributed by atoms with Crippen molar-refractivity contribution in [2.24, 2.45) is 0 Å². The van der Waals surface area contributed by atoms with Crippen LogP contribution in [0.4, 0.5) is 13.2 Å². The molecule has 1 aromatic heterocycles. The highest BCUT2D eigenvalue weighted by atomic mass is 79.9. The van der Waals surface area contributed by atoms with E-state index in [1.54, 1.807) is 6.92 Å². The first-order valence-corrected chi connectivity index (χ1v) is 6.36. The minimum Gasteiger partial charge on any atom is -0.292 e. The van der Waals surface area contributed by atoms with Gasteiger partial charge in [-0.1, -0.05) is 15.9 Å². The van der Waals surface area contributed by atoms with Crippen molar-refractivity contribution in [2.75, 3.05) is 0 Å². The summed E-state index contributed by atoms with van der Waals surface area (Å²) < 4.78 is 37.0. The van der Waals surface area contributed by atoms with Gasteiger partial charge in [0.2, 0.25) is 0 Å². The Bertz CT molecular complexity index is 384. The van der Waals surface area contributed by atoms with E-state index in [1.165, 1.54) is 0 Å². The summed E-state index contributed by atoms with van der Waals surface area (Å²) in [5.74, 6) is -0.359. The van der Waals surface area contributed by atoms with Crippen molar-refractivity contribution in [1.29, 1.82) is 0 Å². The number of Topliss-reactive ketones (excluding diaryl/α,β-unsaturated/α-hetero) is 1. The van der Waals surface area contributed by atoms with Gasteiger partial charge in [-0.15, -0.1) is 11.3 Å². The fourth-order valence-electron chi connectivity index (χ4n) is 0.882. The van der Waals surface area contributed by atoms with Gasteiger partial charge in [0, 0.05) is 5.38 Å². The minimum absolute atomic E-state index is 0.0895. The number of hydrogen-bond acceptors (Lipinski definition) is 2. The lowest BCUT2D eigenvalue weighted by Crippen LogP contribution is -2.10. The molecule has 0 spiro atoms. The third-order valence-corrected chi connectivity index (χ3v) is 4.12. The molecule has 7 heteroatoms. The monoisotopic (exact) mass is 364 g/mol. The number of rotatable bonds is 2. The largest absolute Gasteiger partial charge is 0.418 e. The topological polar surface area (TPSA) is 17.1 Å². The molecule has 0 aliphatic rings. The van der Waals surface area contributed by atoms with E-state index in [-0.39, 0.29) is 15.1 Å². The van der Waals surface area contributed by atoms with Crippen LogP contribution in [0.1, 0.15) is 22.2 Å². The Balaban J connectivity index is 3.16. The van der Waals surface area contributed by atoms with Crippen LogP contribution in [0.2, 0.25) is 0 Å². The molecule has 1 nitrogen and oxygen atoms in total. The number of carbonyl (C=O) groups is 1. The molecular formula is C8H5Br2F3OS. The first-order chi connectivity index (χ1) is 6.75. The highest BCUT2D eigenvalue weighted by Gasteiger charge is 2.36. The van der Waals surface area contributed by atoms with Gasteiger partial charge in [-0.3, -0.25) is 4.79 Å². The highest BCUT2D eigenvalue weighted by Crippen LogP contribution is 2.40. The maximum absolute atomic E-state index is 12.4. The Morgan fingerprint density at radius 2 is 2.07 bits per heavy atom. The first kappa shape index (κ1) is 13.2. The van der Waals surface area contributed by atoms with E-state index in [0.717, 1.165) is 16.7 Å². The molecule has 0 saturated heterocycles. The molecule has 0 aliphatic carbocycles. The van der Waals surface area contributed by atoms with Crippen molar-refractivity contribution in [3.05, 3.63) is 20.3 Å². The molecule has 1 heterocycles. The van der Waals surface area contributed by atoms with Gasteiger partial charge in [0.1, 0.15) is 0 Å². The molecule has 0 radical (unpaired) electrons. The van der Waals surface area contributed by atoms with Gasteiger partial charge in [0.05, 0.1) is 19.7 Å². The van der Waals surface area contributed by atoms with Crippen LogP contribution in [0.25, 0.3) is 0 Å². The lowest BCUT2D eigenvalue weighted by molar-refractivity contribution is -0.137. The zero-order valence-electron chi connectivity index (χ0n) is 7.36. The standard InChI is InChI=1S/C8H5Br2F3OS/c1-3(9)6(14)7-5(10)4(2-15-7)8(11,12)13/h2-3H,1H3. The van der Waals surface area contributed by atoms with E-state index in [9.17, 15) is 18.0 Å².